The van der Waals surface area contributed by atoms with Gasteiger partial charge in [0.15, 0.2) is 0 Å². The smallest absolute Gasteiger partial charge is 0.254 e. The van der Waals surface area contributed by atoms with Gasteiger partial charge in [-0.3, -0.25) is 4.79 Å². The minimum atomic E-state index is -0.272. The molecule has 0 radical (unpaired) electrons. The first-order chi connectivity index (χ1) is 8.63. The molecule has 1 fully saturated rings. The van der Waals surface area contributed by atoms with Gasteiger partial charge >= 0.3 is 0 Å². The van der Waals surface area contributed by atoms with Gasteiger partial charge < -0.3 is 14.7 Å². The maximum atomic E-state index is 12.3. The van der Waals surface area contributed by atoms with E-state index in [1.54, 1.807) is 17.0 Å². The lowest BCUT2D eigenvalue weighted by Crippen LogP contribution is -2.50. The molecule has 0 aromatic heterocycles. The molecule has 0 bridgehead atoms. The molecule has 0 spiro atoms. The number of amides is 1. The van der Waals surface area contributed by atoms with Crippen molar-refractivity contribution in [1.82, 2.24) is 4.90 Å². The molecule has 1 saturated heterocycles. The van der Waals surface area contributed by atoms with Crippen LogP contribution in [0.5, 0.6) is 0 Å². The standard InChI is InChI=1S/C13H16ClNO3/c1-9-2-3-10(6-12(9)14)13(17)15-4-5-18-8-11(15)7-16/h2-3,6,11,16H,4-5,7-8H2,1H3. The number of ether oxygens (including phenoxy) is 1. The van der Waals surface area contributed by atoms with Gasteiger partial charge in [0.2, 0.25) is 0 Å². The average Bonchev–Trinajstić information content (AvgIpc) is 2.41. The largest absolute Gasteiger partial charge is 0.394 e. The van der Waals surface area contributed by atoms with Crippen molar-refractivity contribution >= 4 is 17.5 Å². The SMILES string of the molecule is Cc1ccc(C(=O)N2CCOCC2CO)cc1Cl. The summed E-state index contributed by atoms with van der Waals surface area (Å²) in [5.41, 5.74) is 1.49. The molecule has 1 unspecified atom stereocenters. The summed E-state index contributed by atoms with van der Waals surface area (Å²) in [7, 11) is 0. The maximum absolute atomic E-state index is 12.3. The van der Waals surface area contributed by atoms with E-state index in [0.717, 1.165) is 5.56 Å². The average molecular weight is 270 g/mol. The zero-order valence-corrected chi connectivity index (χ0v) is 11.0. The number of aliphatic hydroxyl groups excluding tert-OH is 1. The molecule has 98 valence electrons. The van der Waals surface area contributed by atoms with Crippen LogP contribution in [-0.2, 0) is 4.74 Å². The van der Waals surface area contributed by atoms with Crippen molar-refractivity contribution in [1.29, 1.82) is 0 Å². The Balaban J connectivity index is 2.21. The monoisotopic (exact) mass is 269 g/mol. The van der Waals surface area contributed by atoms with Crippen molar-refractivity contribution in [2.45, 2.75) is 13.0 Å². The molecule has 1 atom stereocenters. The fourth-order valence-electron chi connectivity index (χ4n) is 1.97. The number of aryl methyl sites for hydroxylation is 1. The molecule has 1 aromatic rings. The number of carbonyl (C=O) groups is 1. The highest BCUT2D eigenvalue weighted by Gasteiger charge is 2.27. The molecule has 1 aromatic carbocycles. The van der Waals surface area contributed by atoms with Crippen LogP contribution < -0.4 is 0 Å². The molecule has 4 nitrogen and oxygen atoms in total. The van der Waals surface area contributed by atoms with Gasteiger partial charge in [-0.2, -0.15) is 0 Å². The summed E-state index contributed by atoms with van der Waals surface area (Å²) in [4.78, 5) is 14.0. The van der Waals surface area contributed by atoms with Crippen LogP contribution in [0.25, 0.3) is 0 Å². The lowest BCUT2D eigenvalue weighted by atomic mass is 10.1. The Morgan fingerprint density at radius 3 is 3.06 bits per heavy atom. The van der Waals surface area contributed by atoms with Crippen molar-refractivity contribution in [3.05, 3.63) is 34.3 Å². The van der Waals surface area contributed by atoms with E-state index in [-0.39, 0.29) is 18.6 Å². The number of hydrogen-bond donors (Lipinski definition) is 1. The molecule has 0 saturated carbocycles. The quantitative estimate of drug-likeness (QED) is 0.885. The van der Waals surface area contributed by atoms with Gasteiger partial charge in [0.1, 0.15) is 0 Å². The van der Waals surface area contributed by atoms with Crippen molar-refractivity contribution in [2.75, 3.05) is 26.4 Å². The number of rotatable bonds is 2. The van der Waals surface area contributed by atoms with E-state index >= 15 is 0 Å². The highest BCUT2D eigenvalue weighted by Crippen LogP contribution is 2.19. The van der Waals surface area contributed by atoms with E-state index in [4.69, 9.17) is 16.3 Å². The van der Waals surface area contributed by atoms with Crippen LogP contribution in [0.4, 0.5) is 0 Å². The maximum Gasteiger partial charge on any atom is 0.254 e. The van der Waals surface area contributed by atoms with Gasteiger partial charge in [0, 0.05) is 17.1 Å². The van der Waals surface area contributed by atoms with Crippen LogP contribution in [0.2, 0.25) is 5.02 Å². The van der Waals surface area contributed by atoms with Gasteiger partial charge in [0.05, 0.1) is 25.9 Å². The van der Waals surface area contributed by atoms with Crippen LogP contribution in [0, 0.1) is 6.92 Å². The Morgan fingerprint density at radius 2 is 2.39 bits per heavy atom. The third-order valence-corrected chi connectivity index (χ3v) is 3.53. The number of benzene rings is 1. The molecular formula is C13H16ClNO3. The first-order valence-corrected chi connectivity index (χ1v) is 6.27. The van der Waals surface area contributed by atoms with Gasteiger partial charge in [0.25, 0.3) is 5.91 Å². The highest BCUT2D eigenvalue weighted by atomic mass is 35.5. The van der Waals surface area contributed by atoms with Gasteiger partial charge in [-0.15, -0.1) is 0 Å². The summed E-state index contributed by atoms with van der Waals surface area (Å²) in [5, 5.41) is 9.83. The first-order valence-electron chi connectivity index (χ1n) is 5.89. The highest BCUT2D eigenvalue weighted by molar-refractivity contribution is 6.31. The summed E-state index contributed by atoms with van der Waals surface area (Å²) in [6.07, 6.45) is 0. The van der Waals surface area contributed by atoms with Crippen LogP contribution in [0.1, 0.15) is 15.9 Å². The summed E-state index contributed by atoms with van der Waals surface area (Å²) in [6.45, 7) is 3.17. The topological polar surface area (TPSA) is 49.8 Å². The Bertz CT molecular complexity index is 450. The predicted octanol–water partition coefficient (Wildman–Crippen LogP) is 1.48. The van der Waals surface area contributed by atoms with Gasteiger partial charge in [-0.1, -0.05) is 17.7 Å². The molecular weight excluding hydrogens is 254 g/mol. The van der Waals surface area contributed by atoms with Gasteiger partial charge in [-0.05, 0) is 24.6 Å². The van der Waals surface area contributed by atoms with Crippen molar-refractivity contribution in [3.8, 4) is 0 Å². The Labute approximate surface area is 111 Å². The molecule has 1 amide bonds. The summed E-state index contributed by atoms with van der Waals surface area (Å²) in [6, 6.07) is 4.98. The predicted molar refractivity (Wildman–Crippen MR) is 68.9 cm³/mol. The molecule has 5 heteroatoms. The second-order valence-electron chi connectivity index (χ2n) is 4.37. The molecule has 1 aliphatic heterocycles. The van der Waals surface area contributed by atoms with Gasteiger partial charge in [-0.25, -0.2) is 0 Å². The second-order valence-corrected chi connectivity index (χ2v) is 4.78. The summed E-state index contributed by atoms with van der Waals surface area (Å²) < 4.78 is 5.25. The van der Waals surface area contributed by atoms with E-state index in [9.17, 15) is 9.90 Å². The van der Waals surface area contributed by atoms with E-state index < -0.39 is 0 Å². The number of carbonyl (C=O) groups excluding carboxylic acids is 1. The number of halogens is 1. The number of morpholine rings is 1. The molecule has 1 heterocycles. The van der Waals surface area contributed by atoms with Crippen LogP contribution >= 0.6 is 11.6 Å². The third-order valence-electron chi connectivity index (χ3n) is 3.12. The van der Waals surface area contributed by atoms with E-state index in [0.29, 0.717) is 30.3 Å². The van der Waals surface area contributed by atoms with Crippen LogP contribution in [-0.4, -0.2) is 48.3 Å². The zero-order valence-electron chi connectivity index (χ0n) is 10.2. The van der Waals surface area contributed by atoms with Crippen molar-refractivity contribution in [2.24, 2.45) is 0 Å². The lowest BCUT2D eigenvalue weighted by molar-refractivity contribution is -0.0183. The number of nitrogens with zero attached hydrogens (tertiary/aromatic N) is 1. The van der Waals surface area contributed by atoms with Crippen LogP contribution in [0.3, 0.4) is 0 Å². The number of hydrogen-bond acceptors (Lipinski definition) is 3. The van der Waals surface area contributed by atoms with E-state index in [1.165, 1.54) is 0 Å². The number of aliphatic hydroxyl groups is 1. The fourth-order valence-corrected chi connectivity index (χ4v) is 2.15. The summed E-state index contributed by atoms with van der Waals surface area (Å²) >= 11 is 6.02. The second kappa shape index (κ2) is 5.69. The molecule has 1 N–H and O–H groups in total. The molecule has 2 rings (SSSR count). The Kier molecular flexibility index (Phi) is 4.22. The minimum Gasteiger partial charge on any atom is -0.394 e. The Hall–Kier alpha value is -1.10. The third kappa shape index (κ3) is 2.66. The molecule has 18 heavy (non-hydrogen) atoms. The normalized spacial score (nSPS) is 19.9. The molecule has 0 aliphatic carbocycles. The Morgan fingerprint density at radius 1 is 1.61 bits per heavy atom. The molecule has 1 aliphatic rings. The lowest BCUT2D eigenvalue weighted by Gasteiger charge is -2.34. The van der Waals surface area contributed by atoms with Crippen molar-refractivity contribution in [3.63, 3.8) is 0 Å². The van der Waals surface area contributed by atoms with Crippen LogP contribution in [0.15, 0.2) is 18.2 Å². The zero-order chi connectivity index (χ0) is 13.1. The van der Waals surface area contributed by atoms with E-state index in [1.807, 2.05) is 13.0 Å². The first kappa shape index (κ1) is 13.3. The minimum absolute atomic E-state index is 0.0919. The fraction of sp³-hybridized carbons (Fsp3) is 0.462. The van der Waals surface area contributed by atoms with E-state index in [2.05, 4.69) is 0 Å². The van der Waals surface area contributed by atoms with Crippen molar-refractivity contribution < 1.29 is 14.6 Å². The summed E-state index contributed by atoms with van der Waals surface area (Å²) in [5.74, 6) is -0.112.